The normalized spacial score (nSPS) is 25.6. The van der Waals surface area contributed by atoms with Crippen molar-refractivity contribution in [1.82, 2.24) is 5.32 Å². The number of methoxy groups -OCH3 is 1. The van der Waals surface area contributed by atoms with Gasteiger partial charge >= 0.3 is 11.9 Å². The lowest BCUT2D eigenvalue weighted by atomic mass is 9.84. The first-order chi connectivity index (χ1) is 21.0. The third kappa shape index (κ3) is 4.32. The number of nitrogens with zero attached hydrogens (tertiary/aromatic N) is 3. The van der Waals surface area contributed by atoms with Gasteiger partial charge in [-0.05, 0) is 74.1 Å². The van der Waals surface area contributed by atoms with Crippen molar-refractivity contribution in [2.45, 2.75) is 53.9 Å². The molecule has 1 fully saturated rings. The molecule has 0 saturated carbocycles. The summed E-state index contributed by atoms with van der Waals surface area (Å²) in [4.78, 5) is 39.9. The van der Waals surface area contributed by atoms with Gasteiger partial charge in [0.1, 0.15) is 11.7 Å². The first-order valence-corrected chi connectivity index (χ1v) is 14.9. The minimum atomic E-state index is -1.29. The molecule has 3 N–H and O–H groups in total. The average molecular weight is 593 g/mol. The molecule has 8 bridgehead atoms. The maximum atomic E-state index is 12.7. The number of hydrogen-bond acceptors (Lipinski definition) is 8. The molecule has 6 aliphatic rings. The Morgan fingerprint density at radius 2 is 1.75 bits per heavy atom. The Morgan fingerprint density at radius 1 is 1.05 bits per heavy atom. The summed E-state index contributed by atoms with van der Waals surface area (Å²) < 4.78 is 4.93. The van der Waals surface area contributed by atoms with Gasteiger partial charge in [-0.3, -0.25) is 9.59 Å². The third-order valence-electron chi connectivity index (χ3n) is 9.56. The quantitative estimate of drug-likeness (QED) is 0.319. The van der Waals surface area contributed by atoms with Gasteiger partial charge in [-0.25, -0.2) is 15.0 Å². The number of aliphatic hydroxyl groups excluding tert-OH is 1. The van der Waals surface area contributed by atoms with E-state index in [1.807, 2.05) is 45.1 Å². The molecule has 9 heteroatoms. The molecule has 5 aliphatic heterocycles. The number of aliphatic hydroxyl groups is 1. The van der Waals surface area contributed by atoms with Gasteiger partial charge in [0, 0.05) is 46.4 Å². The third-order valence-corrected chi connectivity index (χ3v) is 9.56. The van der Waals surface area contributed by atoms with Crippen molar-refractivity contribution in [3.63, 3.8) is 0 Å². The van der Waals surface area contributed by atoms with Crippen molar-refractivity contribution in [3.05, 3.63) is 104 Å². The van der Waals surface area contributed by atoms with E-state index in [2.05, 4.69) is 25.7 Å². The molecule has 0 spiro atoms. The molecule has 0 aromatic heterocycles. The summed E-state index contributed by atoms with van der Waals surface area (Å²) in [6.45, 7) is 14.1. The Kier molecular flexibility index (Phi) is 7.14. The standard InChI is InChI=1S/C35H36N4O5/c1-8-19-15(3)22-12-24-17(5)21(10-11-28(40)44-7)32(38-24)30-31(35(42)43)34(41)29-18(6)25(39-33(29)30)14-27-20(9-2)16(4)23(37-27)13-26(19)36-22/h8,12-14,17,21,31,38,41H,1,9-11H2,2-7H3,(H,42,43)/t17-,21-,31?/m0/s1. The van der Waals surface area contributed by atoms with Gasteiger partial charge in [-0.15, -0.1) is 0 Å². The summed E-state index contributed by atoms with van der Waals surface area (Å²) >= 11 is 0. The number of carboxylic acids is 1. The van der Waals surface area contributed by atoms with Gasteiger partial charge < -0.3 is 20.3 Å². The van der Waals surface area contributed by atoms with Crippen molar-refractivity contribution < 1.29 is 24.5 Å². The number of aliphatic carboxylic acids is 1. The lowest BCUT2D eigenvalue weighted by Gasteiger charge is -2.19. The van der Waals surface area contributed by atoms with Crippen LogP contribution in [-0.2, 0) is 14.3 Å². The number of nitrogens with one attached hydrogen (secondary N) is 1. The highest BCUT2D eigenvalue weighted by molar-refractivity contribution is 6.24. The van der Waals surface area contributed by atoms with E-state index in [1.165, 1.54) is 7.11 Å². The maximum absolute atomic E-state index is 12.7. The first-order valence-electron chi connectivity index (χ1n) is 14.9. The molecule has 44 heavy (non-hydrogen) atoms. The molecule has 5 heterocycles. The number of carbonyl (C=O) groups excluding carboxylic acids is 1. The Bertz CT molecular complexity index is 1810. The largest absolute Gasteiger partial charge is 0.510 e. The Hall–Kier alpha value is -4.79. The number of aliphatic imine (C=N–C) groups is 3. The summed E-state index contributed by atoms with van der Waals surface area (Å²) in [7, 11) is 1.35. The maximum Gasteiger partial charge on any atom is 0.318 e. The fraction of sp³-hybridized carbons (Fsp3) is 0.343. The second-order valence-corrected chi connectivity index (χ2v) is 11.8. The molecule has 1 saturated heterocycles. The van der Waals surface area contributed by atoms with Crippen LogP contribution in [0, 0.1) is 17.8 Å². The number of carbonyl (C=O) groups is 2. The van der Waals surface area contributed by atoms with Crippen LogP contribution in [-0.4, -0.2) is 46.4 Å². The summed E-state index contributed by atoms with van der Waals surface area (Å²) in [5.74, 6) is -3.42. The van der Waals surface area contributed by atoms with Crippen LogP contribution in [0.15, 0.2) is 119 Å². The van der Waals surface area contributed by atoms with E-state index in [0.717, 1.165) is 57.2 Å². The van der Waals surface area contributed by atoms with Crippen LogP contribution in [0.5, 0.6) is 0 Å². The second-order valence-electron chi connectivity index (χ2n) is 11.8. The molecule has 0 aromatic rings. The number of esters is 1. The molecule has 6 rings (SSSR count). The number of fused-ring (bicyclic) bond motifs is 5. The molecule has 9 nitrogen and oxygen atoms in total. The highest BCUT2D eigenvalue weighted by Gasteiger charge is 2.48. The zero-order chi connectivity index (χ0) is 31.6. The van der Waals surface area contributed by atoms with Crippen molar-refractivity contribution in [3.8, 4) is 0 Å². The van der Waals surface area contributed by atoms with E-state index in [0.29, 0.717) is 40.2 Å². The molecule has 0 radical (unpaired) electrons. The molecule has 0 amide bonds. The summed E-state index contributed by atoms with van der Waals surface area (Å²) in [5.41, 5.74) is 11.2. The van der Waals surface area contributed by atoms with Gasteiger partial charge in [-0.1, -0.05) is 26.5 Å². The van der Waals surface area contributed by atoms with Crippen molar-refractivity contribution in [2.24, 2.45) is 32.7 Å². The molecule has 1 aliphatic carbocycles. The molecule has 1 unspecified atom stereocenters. The van der Waals surface area contributed by atoms with Gasteiger partial charge in [0.2, 0.25) is 0 Å². The minimum Gasteiger partial charge on any atom is -0.510 e. The Balaban J connectivity index is 1.65. The monoisotopic (exact) mass is 592 g/mol. The number of hydrogen-bond donors (Lipinski definition) is 3. The molecule has 3 atom stereocenters. The van der Waals surface area contributed by atoms with E-state index >= 15 is 0 Å². The minimum absolute atomic E-state index is 0.121. The fourth-order valence-electron chi connectivity index (χ4n) is 7.04. The van der Waals surface area contributed by atoms with Gasteiger partial charge in [-0.2, -0.15) is 0 Å². The lowest BCUT2D eigenvalue weighted by molar-refractivity contribution is -0.141. The molecular formula is C35H36N4O5. The number of rotatable bonds is 6. The molecule has 0 aromatic carbocycles. The van der Waals surface area contributed by atoms with E-state index in [4.69, 9.17) is 19.7 Å². The topological polar surface area (TPSA) is 133 Å². The second kappa shape index (κ2) is 10.7. The van der Waals surface area contributed by atoms with Crippen LogP contribution in [0.25, 0.3) is 0 Å². The highest BCUT2D eigenvalue weighted by atomic mass is 16.5. The number of ether oxygens (including phenoxy) is 1. The van der Waals surface area contributed by atoms with Crippen LogP contribution in [0.4, 0.5) is 0 Å². The number of carboxylic acid groups (broad SMARTS) is 1. The van der Waals surface area contributed by atoms with Crippen LogP contribution >= 0.6 is 0 Å². The summed E-state index contributed by atoms with van der Waals surface area (Å²) in [6.07, 6.45) is 9.05. The smallest absolute Gasteiger partial charge is 0.318 e. The average Bonchev–Trinajstić information content (AvgIpc) is 3.72. The van der Waals surface area contributed by atoms with Crippen LogP contribution < -0.4 is 5.32 Å². The van der Waals surface area contributed by atoms with E-state index in [1.54, 1.807) is 0 Å². The summed E-state index contributed by atoms with van der Waals surface area (Å²) in [5, 5.41) is 25.3. The van der Waals surface area contributed by atoms with Gasteiger partial charge in [0.05, 0.1) is 41.3 Å². The van der Waals surface area contributed by atoms with Crippen LogP contribution in [0.2, 0.25) is 0 Å². The van der Waals surface area contributed by atoms with E-state index in [-0.39, 0.29) is 30.0 Å². The Labute approximate surface area is 256 Å². The fourth-order valence-corrected chi connectivity index (χ4v) is 7.04. The van der Waals surface area contributed by atoms with Crippen molar-refractivity contribution >= 4 is 29.1 Å². The van der Waals surface area contributed by atoms with Gasteiger partial charge in [0.25, 0.3) is 0 Å². The molecule has 226 valence electrons. The van der Waals surface area contributed by atoms with E-state index in [9.17, 15) is 19.8 Å². The van der Waals surface area contributed by atoms with Crippen LogP contribution in [0.3, 0.4) is 0 Å². The van der Waals surface area contributed by atoms with Crippen molar-refractivity contribution in [1.29, 1.82) is 0 Å². The van der Waals surface area contributed by atoms with E-state index < -0.39 is 11.9 Å². The van der Waals surface area contributed by atoms with Crippen molar-refractivity contribution in [2.75, 3.05) is 7.11 Å². The SMILES string of the molecule is C=CC1=C(C)C2=NC1=CC1=NC(=CC3=C(C)C4=C(O)C(C(=O)O)C(=C5NC(=C2)[C@@H](C)[C@@H]5CCC(=O)OC)C4=N3)C(CC)=C1C. The zero-order valence-corrected chi connectivity index (χ0v) is 25.8. The summed E-state index contributed by atoms with van der Waals surface area (Å²) in [6, 6.07) is 0. The lowest BCUT2D eigenvalue weighted by Crippen LogP contribution is -2.23. The first kappa shape index (κ1) is 29.3. The zero-order valence-electron chi connectivity index (χ0n) is 25.8. The predicted molar refractivity (Wildman–Crippen MR) is 170 cm³/mol. The highest BCUT2D eigenvalue weighted by Crippen LogP contribution is 2.48. The predicted octanol–water partition coefficient (Wildman–Crippen LogP) is 6.11. The van der Waals surface area contributed by atoms with Gasteiger partial charge in [0.15, 0.2) is 0 Å². The molecular weight excluding hydrogens is 556 g/mol. The Morgan fingerprint density at radius 3 is 2.41 bits per heavy atom. The van der Waals surface area contributed by atoms with Crippen LogP contribution in [0.1, 0.15) is 53.9 Å². The number of allylic oxidation sites excluding steroid dienone is 11.